The molecule has 138 valence electrons. The first-order valence-electron chi connectivity index (χ1n) is 8.98. The third-order valence-corrected chi connectivity index (χ3v) is 5.41. The number of Topliss-reactive ketones (excluding diaryl/α,β-unsaturated/α-hetero) is 1. The summed E-state index contributed by atoms with van der Waals surface area (Å²) >= 11 is 0. The van der Waals surface area contributed by atoms with Gasteiger partial charge in [0.1, 0.15) is 5.75 Å². The van der Waals surface area contributed by atoms with Gasteiger partial charge >= 0.3 is 0 Å². The molecule has 0 saturated carbocycles. The van der Waals surface area contributed by atoms with Crippen molar-refractivity contribution in [2.75, 3.05) is 44.7 Å². The lowest BCUT2D eigenvalue weighted by atomic mass is 10.0. The molecular formula is C21H25ClN2O2. The first kappa shape index (κ1) is 18.7. The fraction of sp³-hybridized carbons (Fsp3) is 0.381. The summed E-state index contributed by atoms with van der Waals surface area (Å²) in [5.41, 5.74) is 3.34. The van der Waals surface area contributed by atoms with Crippen LogP contribution in [0.3, 0.4) is 0 Å². The maximum absolute atomic E-state index is 12.2. The van der Waals surface area contributed by atoms with Crippen LogP contribution in [-0.2, 0) is 0 Å². The van der Waals surface area contributed by atoms with Gasteiger partial charge in [-0.2, -0.15) is 0 Å². The summed E-state index contributed by atoms with van der Waals surface area (Å²) in [7, 11) is 1.73. The van der Waals surface area contributed by atoms with Crippen LogP contribution in [0.4, 0.5) is 5.69 Å². The number of halogens is 1. The maximum Gasteiger partial charge on any atom is 0.163 e. The van der Waals surface area contributed by atoms with E-state index in [2.05, 4.69) is 28.0 Å². The predicted molar refractivity (Wildman–Crippen MR) is 107 cm³/mol. The number of para-hydroxylation sites is 2. The monoisotopic (exact) mass is 372 g/mol. The Balaban J connectivity index is 0.00000196. The normalized spacial score (nSPS) is 19.8. The molecule has 4 nitrogen and oxygen atoms in total. The highest BCUT2D eigenvalue weighted by molar-refractivity contribution is 6.01. The van der Waals surface area contributed by atoms with Crippen LogP contribution in [0.1, 0.15) is 28.3 Å². The van der Waals surface area contributed by atoms with Crippen LogP contribution < -0.4 is 9.64 Å². The van der Waals surface area contributed by atoms with Gasteiger partial charge in [-0.1, -0.05) is 36.4 Å². The second-order valence-electron chi connectivity index (χ2n) is 6.87. The van der Waals surface area contributed by atoms with Gasteiger partial charge in [-0.25, -0.2) is 0 Å². The Morgan fingerprint density at radius 3 is 2.46 bits per heavy atom. The van der Waals surface area contributed by atoms with Crippen molar-refractivity contribution in [3.63, 3.8) is 0 Å². The number of rotatable bonds is 4. The molecule has 0 amide bonds. The lowest BCUT2D eigenvalue weighted by molar-refractivity contribution is 0.0983. The van der Waals surface area contributed by atoms with E-state index in [-0.39, 0.29) is 12.4 Å². The lowest BCUT2D eigenvalue weighted by Crippen LogP contribution is -2.47. The number of carbonyl (C=O) groups is 1. The van der Waals surface area contributed by atoms with Crippen molar-refractivity contribution in [3.05, 3.63) is 59.7 Å². The molecule has 1 aliphatic heterocycles. The highest BCUT2D eigenvalue weighted by Crippen LogP contribution is 2.34. The number of methoxy groups -OCH3 is 1. The van der Waals surface area contributed by atoms with Gasteiger partial charge in [0, 0.05) is 50.6 Å². The highest BCUT2D eigenvalue weighted by atomic mass is 35.5. The molecule has 0 aromatic heterocycles. The number of carbonyl (C=O) groups excluding carboxylic acids is 1. The summed E-state index contributed by atoms with van der Waals surface area (Å²) < 4.78 is 5.49. The molecule has 0 bridgehead atoms. The maximum atomic E-state index is 12.2. The molecule has 4 rings (SSSR count). The van der Waals surface area contributed by atoms with E-state index < -0.39 is 0 Å². The van der Waals surface area contributed by atoms with Crippen molar-refractivity contribution in [1.82, 2.24) is 4.90 Å². The van der Waals surface area contributed by atoms with E-state index in [9.17, 15) is 4.79 Å². The van der Waals surface area contributed by atoms with Crippen LogP contribution in [-0.4, -0.2) is 50.5 Å². The Morgan fingerprint density at radius 1 is 1.00 bits per heavy atom. The van der Waals surface area contributed by atoms with E-state index in [1.165, 1.54) is 11.3 Å². The molecule has 2 aliphatic rings. The average molecular weight is 373 g/mol. The van der Waals surface area contributed by atoms with Gasteiger partial charge < -0.3 is 9.64 Å². The van der Waals surface area contributed by atoms with Gasteiger partial charge in [0.25, 0.3) is 0 Å². The van der Waals surface area contributed by atoms with Crippen LogP contribution in [0.2, 0.25) is 0 Å². The Kier molecular flexibility index (Phi) is 5.84. The summed E-state index contributed by atoms with van der Waals surface area (Å²) in [6, 6.07) is 16.3. The summed E-state index contributed by atoms with van der Waals surface area (Å²) in [5, 5.41) is 0. The molecule has 1 saturated heterocycles. The molecule has 1 heterocycles. The smallest absolute Gasteiger partial charge is 0.163 e. The molecule has 2 aromatic carbocycles. The SMILES string of the molecule is COc1ccccc1N1CCN(CC2CC(=O)c3ccccc32)CC1.Cl. The van der Waals surface area contributed by atoms with Gasteiger partial charge in [0.05, 0.1) is 12.8 Å². The fourth-order valence-corrected chi connectivity index (χ4v) is 4.09. The minimum Gasteiger partial charge on any atom is -0.495 e. The fourth-order valence-electron chi connectivity index (χ4n) is 4.09. The van der Waals surface area contributed by atoms with Crippen molar-refractivity contribution < 1.29 is 9.53 Å². The van der Waals surface area contributed by atoms with Gasteiger partial charge in [-0.05, 0) is 17.7 Å². The Labute approximate surface area is 161 Å². The van der Waals surface area contributed by atoms with Crippen molar-refractivity contribution in [2.24, 2.45) is 0 Å². The van der Waals surface area contributed by atoms with E-state index in [0.717, 1.165) is 44.0 Å². The van der Waals surface area contributed by atoms with E-state index in [1.807, 2.05) is 30.3 Å². The third kappa shape index (κ3) is 3.57. The van der Waals surface area contributed by atoms with E-state index in [0.29, 0.717) is 18.1 Å². The number of nitrogens with zero attached hydrogens (tertiary/aromatic N) is 2. The minimum absolute atomic E-state index is 0. The second kappa shape index (κ2) is 8.11. The van der Waals surface area contributed by atoms with E-state index in [4.69, 9.17) is 4.74 Å². The molecule has 0 spiro atoms. The topological polar surface area (TPSA) is 32.8 Å². The largest absolute Gasteiger partial charge is 0.495 e. The number of hydrogen-bond donors (Lipinski definition) is 0. The number of benzene rings is 2. The number of anilines is 1. The molecule has 0 N–H and O–H groups in total. The average Bonchev–Trinajstić information content (AvgIpc) is 2.98. The van der Waals surface area contributed by atoms with E-state index in [1.54, 1.807) is 7.11 Å². The number of ketones is 1. The van der Waals surface area contributed by atoms with Gasteiger partial charge in [-0.3, -0.25) is 9.69 Å². The van der Waals surface area contributed by atoms with Crippen LogP contribution in [0, 0.1) is 0 Å². The standard InChI is InChI=1S/C21H24N2O2.ClH/c1-25-21-9-5-4-8-19(21)23-12-10-22(11-13-23)15-16-14-20(24)18-7-3-2-6-17(16)18;/h2-9,16H,10-15H2,1H3;1H. The molecule has 1 fully saturated rings. The number of hydrogen-bond acceptors (Lipinski definition) is 4. The lowest BCUT2D eigenvalue weighted by Gasteiger charge is -2.37. The molecule has 5 heteroatoms. The molecule has 1 atom stereocenters. The Bertz CT molecular complexity index is 772. The van der Waals surface area contributed by atoms with Gasteiger partial charge in [0.15, 0.2) is 5.78 Å². The van der Waals surface area contributed by atoms with Crippen molar-refractivity contribution in [1.29, 1.82) is 0 Å². The zero-order valence-electron chi connectivity index (χ0n) is 15.1. The number of fused-ring (bicyclic) bond motifs is 1. The van der Waals surface area contributed by atoms with Crippen molar-refractivity contribution in [3.8, 4) is 5.75 Å². The van der Waals surface area contributed by atoms with Crippen LogP contribution in [0.15, 0.2) is 48.5 Å². The van der Waals surface area contributed by atoms with Crippen LogP contribution in [0.25, 0.3) is 0 Å². The first-order valence-corrected chi connectivity index (χ1v) is 8.98. The molecule has 26 heavy (non-hydrogen) atoms. The Hall–Kier alpha value is -2.04. The molecule has 1 unspecified atom stereocenters. The summed E-state index contributed by atoms with van der Waals surface area (Å²) in [6.07, 6.45) is 0.659. The van der Waals surface area contributed by atoms with Gasteiger partial charge in [0.2, 0.25) is 0 Å². The van der Waals surface area contributed by atoms with Crippen molar-refractivity contribution in [2.45, 2.75) is 12.3 Å². The first-order chi connectivity index (χ1) is 12.3. The third-order valence-electron chi connectivity index (χ3n) is 5.41. The number of ether oxygens (including phenoxy) is 1. The van der Waals surface area contributed by atoms with Crippen LogP contribution >= 0.6 is 12.4 Å². The molecule has 0 radical (unpaired) electrons. The zero-order valence-corrected chi connectivity index (χ0v) is 15.9. The molecular weight excluding hydrogens is 348 g/mol. The second-order valence-corrected chi connectivity index (χ2v) is 6.87. The van der Waals surface area contributed by atoms with Crippen LogP contribution in [0.5, 0.6) is 5.75 Å². The number of piperazine rings is 1. The quantitative estimate of drug-likeness (QED) is 0.820. The highest BCUT2D eigenvalue weighted by Gasteiger charge is 2.31. The Morgan fingerprint density at radius 2 is 1.69 bits per heavy atom. The summed E-state index contributed by atoms with van der Waals surface area (Å²) in [6.45, 7) is 4.99. The molecule has 2 aromatic rings. The minimum atomic E-state index is 0. The zero-order chi connectivity index (χ0) is 17.2. The van der Waals surface area contributed by atoms with Crippen molar-refractivity contribution >= 4 is 23.9 Å². The van der Waals surface area contributed by atoms with E-state index >= 15 is 0 Å². The van der Waals surface area contributed by atoms with Gasteiger partial charge in [-0.15, -0.1) is 12.4 Å². The molecule has 1 aliphatic carbocycles. The summed E-state index contributed by atoms with van der Waals surface area (Å²) in [4.78, 5) is 17.1. The predicted octanol–water partition coefficient (Wildman–Crippen LogP) is 3.61. The summed E-state index contributed by atoms with van der Waals surface area (Å²) in [5.74, 6) is 1.58.